The Kier molecular flexibility index (Phi) is 7.98. The Morgan fingerprint density at radius 1 is 1.05 bits per heavy atom. The van der Waals surface area contributed by atoms with Crippen LogP contribution in [-0.2, 0) is 5.33 Å². The molecule has 0 aliphatic heterocycles. The lowest BCUT2D eigenvalue weighted by molar-refractivity contribution is 0.535. The first-order valence-corrected chi connectivity index (χ1v) is 9.03. The normalized spacial score (nSPS) is 11.4. The lowest BCUT2D eigenvalue weighted by Crippen LogP contribution is -2.27. The molecule has 0 fully saturated rings. The Morgan fingerprint density at radius 3 is 2.00 bits per heavy atom. The predicted octanol–water partition coefficient (Wildman–Crippen LogP) is 6.13. The Hall–Kier alpha value is -0.210. The zero-order valence-corrected chi connectivity index (χ0v) is 15.5. The van der Waals surface area contributed by atoms with E-state index in [-0.39, 0.29) is 0 Å². The first-order chi connectivity index (χ1) is 9.43. The topological polar surface area (TPSA) is 3.24 Å². The number of halogens is 2. The molecule has 1 aromatic carbocycles. The zero-order valence-electron chi connectivity index (χ0n) is 13.1. The van der Waals surface area contributed by atoms with Crippen molar-refractivity contribution in [2.45, 2.75) is 45.9 Å². The van der Waals surface area contributed by atoms with Crippen LogP contribution in [0.5, 0.6) is 0 Å². The maximum Gasteiger partial charge on any atom is 0.0467 e. The van der Waals surface area contributed by atoms with Crippen molar-refractivity contribution >= 4 is 33.2 Å². The van der Waals surface area contributed by atoms with Crippen LogP contribution in [0.1, 0.15) is 46.1 Å². The molecule has 0 unspecified atom stereocenters. The summed E-state index contributed by atoms with van der Waals surface area (Å²) < 4.78 is 0. The van der Waals surface area contributed by atoms with Crippen LogP contribution in [0.2, 0.25) is 5.02 Å². The number of hydrogen-bond donors (Lipinski definition) is 0. The lowest BCUT2D eigenvalue weighted by atomic mass is 10.1. The molecular weight excluding hydrogens is 334 g/mol. The third-order valence-electron chi connectivity index (χ3n) is 3.50. The van der Waals surface area contributed by atoms with Gasteiger partial charge in [0.2, 0.25) is 0 Å². The van der Waals surface area contributed by atoms with Crippen molar-refractivity contribution in [1.29, 1.82) is 0 Å². The minimum atomic E-state index is 0.730. The number of alkyl halides is 1. The summed E-state index contributed by atoms with van der Waals surface area (Å²) in [6.45, 7) is 11.3. The van der Waals surface area contributed by atoms with E-state index in [1.54, 1.807) is 0 Å². The Bertz CT molecular complexity index is 392. The molecule has 20 heavy (non-hydrogen) atoms. The second-order valence-electron chi connectivity index (χ2n) is 6.26. The van der Waals surface area contributed by atoms with Gasteiger partial charge in [-0.15, -0.1) is 0 Å². The minimum absolute atomic E-state index is 0.730. The molecule has 0 spiro atoms. The summed E-state index contributed by atoms with van der Waals surface area (Å²) in [5.74, 6) is 1.46. The van der Waals surface area contributed by atoms with Crippen LogP contribution >= 0.6 is 27.5 Å². The van der Waals surface area contributed by atoms with Gasteiger partial charge in [-0.3, -0.25) is 0 Å². The number of benzene rings is 1. The van der Waals surface area contributed by atoms with Gasteiger partial charge in [-0.1, -0.05) is 61.3 Å². The second kappa shape index (κ2) is 8.94. The SMILES string of the molecule is CC(C)CCN(CCC(C)C)c1ccc(CBr)c(Cl)c1. The van der Waals surface area contributed by atoms with Gasteiger partial charge in [-0.05, 0) is 42.4 Å². The first kappa shape index (κ1) is 17.8. The molecule has 1 rings (SSSR count). The smallest absolute Gasteiger partial charge is 0.0467 e. The summed E-state index contributed by atoms with van der Waals surface area (Å²) in [4.78, 5) is 2.48. The Labute approximate surface area is 137 Å². The average Bonchev–Trinajstić information content (AvgIpc) is 2.38. The fraction of sp³-hybridized carbons (Fsp3) is 0.647. The highest BCUT2D eigenvalue weighted by molar-refractivity contribution is 9.08. The molecular formula is C17H27BrClN. The van der Waals surface area contributed by atoms with E-state index in [1.807, 2.05) is 0 Å². The highest BCUT2D eigenvalue weighted by Gasteiger charge is 2.10. The van der Waals surface area contributed by atoms with Gasteiger partial charge >= 0.3 is 0 Å². The monoisotopic (exact) mass is 359 g/mol. The average molecular weight is 361 g/mol. The molecule has 0 amide bonds. The van der Waals surface area contributed by atoms with Crippen LogP contribution in [0.3, 0.4) is 0 Å². The van der Waals surface area contributed by atoms with Gasteiger partial charge in [0.25, 0.3) is 0 Å². The molecule has 0 aromatic heterocycles. The van der Waals surface area contributed by atoms with Crippen molar-refractivity contribution in [2.75, 3.05) is 18.0 Å². The molecule has 0 aliphatic rings. The van der Waals surface area contributed by atoms with E-state index in [0.717, 1.165) is 40.8 Å². The summed E-state index contributed by atoms with van der Waals surface area (Å²) in [6.07, 6.45) is 2.44. The molecule has 3 heteroatoms. The van der Waals surface area contributed by atoms with Crippen LogP contribution in [-0.4, -0.2) is 13.1 Å². The number of rotatable bonds is 8. The Balaban J connectivity index is 2.82. The molecule has 0 saturated heterocycles. The zero-order chi connectivity index (χ0) is 15.1. The van der Waals surface area contributed by atoms with Crippen LogP contribution < -0.4 is 4.90 Å². The summed E-state index contributed by atoms with van der Waals surface area (Å²) in [5.41, 5.74) is 2.41. The minimum Gasteiger partial charge on any atom is -0.371 e. The molecule has 0 saturated carbocycles. The Morgan fingerprint density at radius 2 is 1.60 bits per heavy atom. The van der Waals surface area contributed by atoms with Gasteiger partial charge in [0, 0.05) is 29.1 Å². The molecule has 0 heterocycles. The number of anilines is 1. The third-order valence-corrected chi connectivity index (χ3v) is 4.45. The van der Waals surface area contributed by atoms with Crippen molar-refractivity contribution < 1.29 is 0 Å². The van der Waals surface area contributed by atoms with E-state index in [2.05, 4.69) is 66.7 Å². The van der Waals surface area contributed by atoms with E-state index in [1.165, 1.54) is 18.5 Å². The van der Waals surface area contributed by atoms with Crippen LogP contribution in [0.4, 0.5) is 5.69 Å². The van der Waals surface area contributed by atoms with E-state index < -0.39 is 0 Å². The van der Waals surface area contributed by atoms with Crippen molar-refractivity contribution in [3.63, 3.8) is 0 Å². The molecule has 1 nitrogen and oxygen atoms in total. The van der Waals surface area contributed by atoms with E-state index in [9.17, 15) is 0 Å². The van der Waals surface area contributed by atoms with Crippen LogP contribution in [0.15, 0.2) is 18.2 Å². The van der Waals surface area contributed by atoms with Crippen molar-refractivity contribution in [3.8, 4) is 0 Å². The van der Waals surface area contributed by atoms with Crippen molar-refractivity contribution in [3.05, 3.63) is 28.8 Å². The molecule has 0 bridgehead atoms. The summed E-state index contributed by atoms with van der Waals surface area (Å²) in [5, 5.41) is 1.67. The van der Waals surface area contributed by atoms with Crippen molar-refractivity contribution in [2.24, 2.45) is 11.8 Å². The maximum absolute atomic E-state index is 6.34. The largest absolute Gasteiger partial charge is 0.371 e. The van der Waals surface area contributed by atoms with Gasteiger partial charge in [0.05, 0.1) is 0 Å². The summed E-state index contributed by atoms with van der Waals surface area (Å²) >= 11 is 9.81. The predicted molar refractivity (Wildman–Crippen MR) is 95.2 cm³/mol. The lowest BCUT2D eigenvalue weighted by Gasteiger charge is -2.27. The van der Waals surface area contributed by atoms with E-state index in [0.29, 0.717) is 0 Å². The quantitative estimate of drug-likeness (QED) is 0.504. The molecule has 0 radical (unpaired) electrons. The van der Waals surface area contributed by atoms with Gasteiger partial charge in [0.1, 0.15) is 0 Å². The highest BCUT2D eigenvalue weighted by Crippen LogP contribution is 2.26. The van der Waals surface area contributed by atoms with Gasteiger partial charge in [-0.2, -0.15) is 0 Å². The second-order valence-corrected chi connectivity index (χ2v) is 7.23. The fourth-order valence-corrected chi connectivity index (χ4v) is 2.93. The third kappa shape index (κ3) is 6.05. The maximum atomic E-state index is 6.34. The standard InChI is InChI=1S/C17H27BrClN/c1-13(2)7-9-20(10-8-14(3)4)16-6-5-15(12-18)17(19)11-16/h5-6,11,13-14H,7-10,12H2,1-4H3. The molecule has 1 aromatic rings. The number of nitrogens with zero attached hydrogens (tertiary/aromatic N) is 1. The van der Waals surface area contributed by atoms with Crippen LogP contribution in [0, 0.1) is 11.8 Å². The van der Waals surface area contributed by atoms with Gasteiger partial charge in [0.15, 0.2) is 0 Å². The first-order valence-electron chi connectivity index (χ1n) is 7.53. The van der Waals surface area contributed by atoms with E-state index >= 15 is 0 Å². The van der Waals surface area contributed by atoms with Gasteiger partial charge in [-0.25, -0.2) is 0 Å². The van der Waals surface area contributed by atoms with E-state index in [4.69, 9.17) is 11.6 Å². The molecule has 114 valence electrons. The van der Waals surface area contributed by atoms with Crippen molar-refractivity contribution in [1.82, 2.24) is 0 Å². The van der Waals surface area contributed by atoms with Gasteiger partial charge < -0.3 is 4.90 Å². The molecule has 0 N–H and O–H groups in total. The fourth-order valence-electron chi connectivity index (χ4n) is 2.04. The number of hydrogen-bond acceptors (Lipinski definition) is 1. The molecule has 0 aliphatic carbocycles. The van der Waals surface area contributed by atoms with Crippen LogP contribution in [0.25, 0.3) is 0 Å². The summed E-state index contributed by atoms with van der Waals surface area (Å²) in [7, 11) is 0. The highest BCUT2D eigenvalue weighted by atomic mass is 79.9. The molecule has 0 atom stereocenters. The summed E-state index contributed by atoms with van der Waals surface area (Å²) in [6, 6.07) is 6.44.